The zero-order valence-corrected chi connectivity index (χ0v) is 28.2. The van der Waals surface area contributed by atoms with Gasteiger partial charge in [-0.25, -0.2) is 4.79 Å². The van der Waals surface area contributed by atoms with E-state index in [9.17, 15) is 27.6 Å². The van der Waals surface area contributed by atoms with Crippen molar-refractivity contribution < 1.29 is 22.8 Å². The van der Waals surface area contributed by atoms with Crippen molar-refractivity contribution >= 4 is 40.1 Å². The molecule has 5 aliphatic rings. The largest absolute Gasteiger partial charge is 0.418 e. The Morgan fingerprint density at radius 2 is 1.63 bits per heavy atom. The molecule has 5 fully saturated rings. The van der Waals surface area contributed by atoms with Gasteiger partial charge in [0.25, 0.3) is 0 Å². The number of para-hydroxylation sites is 2. The second-order valence-corrected chi connectivity index (χ2v) is 14.5. The Labute approximate surface area is 287 Å². The summed E-state index contributed by atoms with van der Waals surface area (Å²) in [6, 6.07) is 10.2. The molecule has 8 rings (SSSR count). The van der Waals surface area contributed by atoms with Gasteiger partial charge < -0.3 is 25.4 Å². The Balaban J connectivity index is 1.05. The number of hydrogen-bond acceptors (Lipinski definition) is 6. The molecule has 2 aromatic carbocycles. The Bertz CT molecular complexity index is 1750. The summed E-state index contributed by atoms with van der Waals surface area (Å²) in [6.45, 7) is 6.64. The normalized spacial score (nSPS) is 24.4. The Morgan fingerprint density at radius 1 is 0.939 bits per heavy atom. The standard InChI is InChI=1S/C35H43ClF3N7O3/c36-27-19-22(18-26(32(27)40)35(37,38)39)17-24(33(48)45-15-13-43(14-16-45)30-21-42-9-5-23(30)6-10-42)20-31(47)44-11-7-25(8-12-44)46-29-4-2-1-3-28(29)41-34(46)49/h1-4,18-19,23-25,30H,5-17,20-21,40H2,(H,41,49)/t24-,30?/m0/s1. The van der Waals surface area contributed by atoms with Crippen LogP contribution in [0.25, 0.3) is 11.0 Å². The molecule has 1 unspecified atom stereocenters. The van der Waals surface area contributed by atoms with Crippen molar-refractivity contribution in [2.24, 2.45) is 11.8 Å². The number of alkyl halides is 3. The molecular weight excluding hydrogens is 659 g/mol. The third-order valence-electron chi connectivity index (χ3n) is 11.3. The number of piperazine rings is 1. The number of fused-ring (bicyclic) bond motifs is 4. The number of nitrogens with one attached hydrogen (secondary N) is 1. The number of hydrogen-bond donors (Lipinski definition) is 2. The summed E-state index contributed by atoms with van der Waals surface area (Å²) in [7, 11) is 0. The highest BCUT2D eigenvalue weighted by Crippen LogP contribution is 2.39. The first kappa shape index (κ1) is 33.9. The van der Waals surface area contributed by atoms with Crippen molar-refractivity contribution in [3.8, 4) is 0 Å². The van der Waals surface area contributed by atoms with Gasteiger partial charge in [0.05, 0.1) is 33.2 Å². The molecule has 3 N–H and O–H groups in total. The molecular formula is C35H43ClF3N7O3. The van der Waals surface area contributed by atoms with Crippen LogP contribution in [0.5, 0.6) is 0 Å². The third kappa shape index (κ3) is 6.94. The molecule has 10 nitrogen and oxygen atoms in total. The maximum Gasteiger partial charge on any atom is 0.418 e. The fourth-order valence-corrected chi connectivity index (χ4v) is 8.83. The number of nitrogen functional groups attached to an aromatic ring is 1. The van der Waals surface area contributed by atoms with E-state index in [0.29, 0.717) is 51.0 Å². The van der Waals surface area contributed by atoms with E-state index in [1.165, 1.54) is 18.9 Å². The molecule has 1 aromatic heterocycles. The number of piperidine rings is 4. The SMILES string of the molecule is Nc1c(Cl)cc(C[C@@H](CC(=O)N2CCC(n3c(=O)[nH]c4ccccc43)CC2)C(=O)N2CCN(C3CN4CCC3CC4)CC2)cc1C(F)(F)F. The molecule has 5 aliphatic heterocycles. The lowest BCUT2D eigenvalue weighted by Gasteiger charge is -2.51. The molecule has 14 heteroatoms. The monoisotopic (exact) mass is 701 g/mol. The van der Waals surface area contributed by atoms with E-state index in [-0.39, 0.29) is 47.0 Å². The van der Waals surface area contributed by atoms with Crippen molar-refractivity contribution in [1.29, 1.82) is 0 Å². The average molecular weight is 702 g/mol. The van der Waals surface area contributed by atoms with E-state index < -0.39 is 23.3 Å². The lowest BCUT2D eigenvalue weighted by molar-refractivity contribution is -0.143. The topological polar surface area (TPSA) is 111 Å². The van der Waals surface area contributed by atoms with E-state index in [1.807, 2.05) is 24.3 Å². The van der Waals surface area contributed by atoms with Crippen LogP contribution in [-0.4, -0.2) is 106 Å². The summed E-state index contributed by atoms with van der Waals surface area (Å²) in [4.78, 5) is 52.1. The second kappa shape index (κ2) is 13.6. The van der Waals surface area contributed by atoms with Gasteiger partial charge in [0.1, 0.15) is 0 Å². The van der Waals surface area contributed by atoms with Gasteiger partial charge in [-0.1, -0.05) is 23.7 Å². The summed E-state index contributed by atoms with van der Waals surface area (Å²) < 4.78 is 43.3. The first-order valence-corrected chi connectivity index (χ1v) is 17.7. The molecule has 2 bridgehead atoms. The number of amides is 2. The van der Waals surface area contributed by atoms with Crippen LogP contribution in [0.4, 0.5) is 18.9 Å². The minimum Gasteiger partial charge on any atom is -0.397 e. The minimum atomic E-state index is -4.72. The summed E-state index contributed by atoms with van der Waals surface area (Å²) in [5, 5.41) is -0.233. The van der Waals surface area contributed by atoms with Crippen molar-refractivity contribution in [2.45, 2.75) is 56.8 Å². The predicted octanol–water partition coefficient (Wildman–Crippen LogP) is 4.23. The Kier molecular flexibility index (Phi) is 9.44. The van der Waals surface area contributed by atoms with Gasteiger partial charge in [-0.05, 0) is 80.9 Å². The van der Waals surface area contributed by atoms with E-state index in [0.717, 1.165) is 49.8 Å². The zero-order chi connectivity index (χ0) is 34.4. The van der Waals surface area contributed by atoms with Crippen molar-refractivity contribution in [3.63, 3.8) is 0 Å². The number of imidazole rings is 1. The molecule has 6 heterocycles. The van der Waals surface area contributed by atoms with Gasteiger partial charge in [-0.15, -0.1) is 0 Å². The summed E-state index contributed by atoms with van der Waals surface area (Å²) >= 11 is 6.15. The highest BCUT2D eigenvalue weighted by atomic mass is 35.5. The van der Waals surface area contributed by atoms with Gasteiger partial charge >= 0.3 is 11.9 Å². The number of anilines is 1. The van der Waals surface area contributed by atoms with Gasteiger partial charge in [0.2, 0.25) is 11.8 Å². The lowest BCUT2D eigenvalue weighted by atomic mass is 9.83. The number of benzene rings is 2. The third-order valence-corrected chi connectivity index (χ3v) is 11.6. The molecule has 5 saturated heterocycles. The molecule has 2 amide bonds. The number of nitrogens with zero attached hydrogens (tertiary/aromatic N) is 5. The number of nitrogens with two attached hydrogens (primary N) is 1. The maximum absolute atomic E-state index is 14.1. The number of halogens is 4. The minimum absolute atomic E-state index is 0.0747. The number of carbonyl (C=O) groups is 2. The number of rotatable bonds is 7. The number of aromatic amines is 1. The Morgan fingerprint density at radius 3 is 2.29 bits per heavy atom. The van der Waals surface area contributed by atoms with Gasteiger partial charge in [-0.3, -0.25) is 19.1 Å². The van der Waals surface area contributed by atoms with Gasteiger partial charge in [0, 0.05) is 64.3 Å². The molecule has 2 atom stereocenters. The number of aromatic nitrogens is 2. The molecule has 0 radical (unpaired) electrons. The molecule has 3 aromatic rings. The smallest absolute Gasteiger partial charge is 0.397 e. The number of H-pyrrole nitrogens is 1. The molecule has 0 aliphatic carbocycles. The van der Waals surface area contributed by atoms with Crippen LogP contribution < -0.4 is 11.4 Å². The highest BCUT2D eigenvalue weighted by Gasteiger charge is 2.40. The second-order valence-electron chi connectivity index (χ2n) is 14.1. The maximum atomic E-state index is 14.1. The summed E-state index contributed by atoms with van der Waals surface area (Å²) in [5.41, 5.74) is 5.68. The van der Waals surface area contributed by atoms with Crippen LogP contribution in [0.1, 0.15) is 49.3 Å². The average Bonchev–Trinajstić information content (AvgIpc) is 3.44. The molecule has 49 heavy (non-hydrogen) atoms. The van der Waals surface area contributed by atoms with Crippen molar-refractivity contribution in [2.75, 3.05) is 64.6 Å². The summed E-state index contributed by atoms with van der Waals surface area (Å²) in [5.74, 6) is -0.657. The predicted molar refractivity (Wildman–Crippen MR) is 181 cm³/mol. The van der Waals surface area contributed by atoms with Gasteiger partial charge in [-0.2, -0.15) is 13.2 Å². The lowest BCUT2D eigenvalue weighted by Crippen LogP contribution is -2.61. The molecule has 0 spiro atoms. The zero-order valence-electron chi connectivity index (χ0n) is 27.4. The van der Waals surface area contributed by atoms with Crippen LogP contribution in [-0.2, 0) is 22.2 Å². The van der Waals surface area contributed by atoms with E-state index in [1.54, 1.807) is 14.4 Å². The van der Waals surface area contributed by atoms with Crippen LogP contribution >= 0.6 is 11.6 Å². The Hall–Kier alpha value is -3.55. The quantitative estimate of drug-likeness (QED) is 0.357. The number of likely N-dealkylation sites (tertiary alicyclic amines) is 1. The molecule has 0 saturated carbocycles. The fraction of sp³-hybridized carbons (Fsp3) is 0.571. The number of carbonyl (C=O) groups excluding carboxylic acids is 2. The van der Waals surface area contributed by atoms with Crippen molar-refractivity contribution in [1.82, 2.24) is 29.2 Å². The van der Waals surface area contributed by atoms with Crippen LogP contribution in [0, 0.1) is 11.8 Å². The highest BCUT2D eigenvalue weighted by molar-refractivity contribution is 6.33. The summed E-state index contributed by atoms with van der Waals surface area (Å²) in [6.07, 6.45) is -1.40. The van der Waals surface area contributed by atoms with Crippen LogP contribution in [0.15, 0.2) is 41.2 Å². The van der Waals surface area contributed by atoms with Crippen LogP contribution in [0.3, 0.4) is 0 Å². The van der Waals surface area contributed by atoms with Crippen LogP contribution in [0.2, 0.25) is 5.02 Å². The fourth-order valence-electron chi connectivity index (χ4n) is 8.59. The first-order chi connectivity index (χ1) is 23.5. The first-order valence-electron chi connectivity index (χ1n) is 17.3. The van der Waals surface area contributed by atoms with E-state index >= 15 is 0 Å². The van der Waals surface area contributed by atoms with Crippen molar-refractivity contribution in [3.05, 3.63) is 63.0 Å². The molecule has 264 valence electrons. The van der Waals surface area contributed by atoms with E-state index in [2.05, 4.69) is 14.8 Å². The van der Waals surface area contributed by atoms with E-state index in [4.69, 9.17) is 17.3 Å². The van der Waals surface area contributed by atoms with Gasteiger partial charge in [0.15, 0.2) is 0 Å².